The third-order valence-corrected chi connectivity index (χ3v) is 4.75. The fourth-order valence-electron chi connectivity index (χ4n) is 2.68. The summed E-state index contributed by atoms with van der Waals surface area (Å²) in [5.41, 5.74) is 1.37. The van der Waals surface area contributed by atoms with Gasteiger partial charge in [-0.3, -0.25) is 4.79 Å². The Bertz CT molecular complexity index is 484. The second-order valence-corrected chi connectivity index (χ2v) is 6.21. The van der Waals surface area contributed by atoms with Crippen LogP contribution in [-0.4, -0.2) is 41.6 Å². The highest BCUT2D eigenvalue weighted by molar-refractivity contribution is 5.93. The van der Waals surface area contributed by atoms with E-state index in [0.29, 0.717) is 12.2 Å². The molecule has 0 aromatic carbocycles. The lowest BCUT2D eigenvalue weighted by molar-refractivity contribution is 0.0913. The van der Waals surface area contributed by atoms with Crippen LogP contribution >= 0.6 is 0 Å². The Morgan fingerprint density at radius 3 is 2.55 bits per heavy atom. The summed E-state index contributed by atoms with van der Waals surface area (Å²) in [7, 11) is 2.16. The number of carbonyl (C=O) groups excluding carboxylic acids is 1. The lowest BCUT2D eigenvalue weighted by atomic mass is 9.92. The van der Waals surface area contributed by atoms with Gasteiger partial charge in [0.1, 0.15) is 5.76 Å². The molecular weight excluding hydrogens is 278 g/mol. The molecule has 0 radical (unpaired) electrons. The van der Waals surface area contributed by atoms with E-state index >= 15 is 0 Å². The molecule has 5 heteroatoms. The van der Waals surface area contributed by atoms with Gasteiger partial charge in [-0.15, -0.1) is 0 Å². The Kier molecular flexibility index (Phi) is 7.07. The van der Waals surface area contributed by atoms with Gasteiger partial charge in [-0.05, 0) is 46.7 Å². The molecule has 0 saturated heterocycles. The van der Waals surface area contributed by atoms with E-state index in [-0.39, 0.29) is 11.4 Å². The molecule has 1 amide bonds. The lowest BCUT2D eigenvalue weighted by Crippen LogP contribution is -2.46. The van der Waals surface area contributed by atoms with E-state index in [0.717, 1.165) is 43.6 Å². The van der Waals surface area contributed by atoms with Gasteiger partial charge >= 0.3 is 0 Å². The molecule has 1 atom stereocenters. The SMILES string of the molecule is CCCN(C)C(C)(CC)CCNC(=O)c1noc(CC)c1C. The van der Waals surface area contributed by atoms with Gasteiger partial charge in [0.2, 0.25) is 0 Å². The molecule has 0 spiro atoms. The summed E-state index contributed by atoms with van der Waals surface area (Å²) >= 11 is 0. The molecule has 22 heavy (non-hydrogen) atoms. The number of aryl methyl sites for hydroxylation is 1. The molecule has 0 saturated carbocycles. The van der Waals surface area contributed by atoms with Gasteiger partial charge in [-0.25, -0.2) is 0 Å². The van der Waals surface area contributed by atoms with Crippen molar-refractivity contribution in [2.45, 2.75) is 65.8 Å². The van der Waals surface area contributed by atoms with Crippen LogP contribution in [0.4, 0.5) is 0 Å². The van der Waals surface area contributed by atoms with Crippen LogP contribution in [0.3, 0.4) is 0 Å². The standard InChI is InChI=1S/C17H31N3O2/c1-7-12-20(6)17(5,9-3)10-11-18-16(21)15-13(4)14(8-2)22-19-15/h7-12H2,1-6H3,(H,18,21). The zero-order valence-electron chi connectivity index (χ0n) is 15.0. The van der Waals surface area contributed by atoms with Crippen LogP contribution in [-0.2, 0) is 6.42 Å². The minimum absolute atomic E-state index is 0.108. The topological polar surface area (TPSA) is 58.4 Å². The zero-order chi connectivity index (χ0) is 16.8. The van der Waals surface area contributed by atoms with Crippen LogP contribution in [0, 0.1) is 6.92 Å². The maximum absolute atomic E-state index is 12.2. The smallest absolute Gasteiger partial charge is 0.273 e. The van der Waals surface area contributed by atoms with Gasteiger partial charge in [-0.2, -0.15) is 0 Å². The quantitative estimate of drug-likeness (QED) is 0.761. The highest BCUT2D eigenvalue weighted by Gasteiger charge is 2.27. The number of carbonyl (C=O) groups is 1. The van der Waals surface area contributed by atoms with Crippen molar-refractivity contribution in [1.29, 1.82) is 0 Å². The third kappa shape index (κ3) is 4.32. The monoisotopic (exact) mass is 309 g/mol. The van der Waals surface area contributed by atoms with Gasteiger partial charge in [0, 0.05) is 24.1 Å². The normalized spacial score (nSPS) is 14.1. The first-order valence-corrected chi connectivity index (χ1v) is 8.34. The fourth-order valence-corrected chi connectivity index (χ4v) is 2.68. The van der Waals surface area contributed by atoms with Crippen molar-refractivity contribution >= 4 is 5.91 Å². The molecule has 0 fully saturated rings. The van der Waals surface area contributed by atoms with Gasteiger partial charge in [0.05, 0.1) is 0 Å². The molecule has 1 unspecified atom stereocenters. The Morgan fingerprint density at radius 2 is 2.05 bits per heavy atom. The maximum atomic E-state index is 12.2. The van der Waals surface area contributed by atoms with E-state index in [2.05, 4.69) is 43.2 Å². The molecule has 0 aliphatic heterocycles. The van der Waals surface area contributed by atoms with E-state index in [9.17, 15) is 4.79 Å². The molecule has 1 N–H and O–H groups in total. The Morgan fingerprint density at radius 1 is 1.36 bits per heavy atom. The van der Waals surface area contributed by atoms with Gasteiger partial charge < -0.3 is 14.7 Å². The molecular formula is C17H31N3O2. The predicted molar refractivity (Wildman–Crippen MR) is 89.2 cm³/mol. The minimum atomic E-state index is -0.141. The number of amides is 1. The maximum Gasteiger partial charge on any atom is 0.273 e. The number of nitrogens with zero attached hydrogens (tertiary/aromatic N) is 2. The van der Waals surface area contributed by atoms with Crippen molar-refractivity contribution < 1.29 is 9.32 Å². The molecule has 0 aliphatic rings. The first kappa shape index (κ1) is 18.7. The van der Waals surface area contributed by atoms with Gasteiger partial charge in [0.15, 0.2) is 5.69 Å². The average Bonchev–Trinajstić information content (AvgIpc) is 2.88. The Hall–Kier alpha value is -1.36. The van der Waals surface area contributed by atoms with E-state index in [1.165, 1.54) is 0 Å². The zero-order valence-corrected chi connectivity index (χ0v) is 15.0. The number of rotatable bonds is 9. The van der Waals surface area contributed by atoms with Crippen LogP contribution in [0.15, 0.2) is 4.52 Å². The van der Waals surface area contributed by atoms with Crippen molar-refractivity contribution in [3.8, 4) is 0 Å². The van der Waals surface area contributed by atoms with Crippen molar-refractivity contribution in [1.82, 2.24) is 15.4 Å². The summed E-state index contributed by atoms with van der Waals surface area (Å²) in [4.78, 5) is 14.6. The number of hydrogen-bond acceptors (Lipinski definition) is 4. The third-order valence-electron chi connectivity index (χ3n) is 4.75. The van der Waals surface area contributed by atoms with Crippen molar-refractivity contribution in [2.75, 3.05) is 20.1 Å². The molecule has 1 aromatic rings. The number of hydrogen-bond donors (Lipinski definition) is 1. The summed E-state index contributed by atoms with van der Waals surface area (Å²) in [6.45, 7) is 12.2. The Balaban J connectivity index is 2.58. The Labute approximate surface area is 134 Å². The van der Waals surface area contributed by atoms with Crippen molar-refractivity contribution in [3.05, 3.63) is 17.0 Å². The van der Waals surface area contributed by atoms with Crippen molar-refractivity contribution in [3.63, 3.8) is 0 Å². The number of aromatic nitrogens is 1. The van der Waals surface area contributed by atoms with E-state index in [4.69, 9.17) is 4.52 Å². The van der Waals surface area contributed by atoms with Gasteiger partial charge in [0.25, 0.3) is 5.91 Å². The van der Waals surface area contributed by atoms with Crippen LogP contribution < -0.4 is 5.32 Å². The second-order valence-electron chi connectivity index (χ2n) is 6.21. The highest BCUT2D eigenvalue weighted by atomic mass is 16.5. The molecule has 1 rings (SSSR count). The van der Waals surface area contributed by atoms with Crippen molar-refractivity contribution in [2.24, 2.45) is 0 Å². The summed E-state index contributed by atoms with van der Waals surface area (Å²) < 4.78 is 5.19. The van der Waals surface area contributed by atoms with Crippen LogP contribution in [0.2, 0.25) is 0 Å². The number of nitrogens with one attached hydrogen (secondary N) is 1. The van der Waals surface area contributed by atoms with Crippen LogP contribution in [0.5, 0.6) is 0 Å². The summed E-state index contributed by atoms with van der Waals surface area (Å²) in [6.07, 6.45) is 3.86. The molecule has 5 nitrogen and oxygen atoms in total. The molecule has 0 aliphatic carbocycles. The molecule has 0 bridgehead atoms. The summed E-state index contributed by atoms with van der Waals surface area (Å²) in [6, 6.07) is 0. The first-order chi connectivity index (χ1) is 10.4. The fraction of sp³-hybridized carbons (Fsp3) is 0.765. The summed E-state index contributed by atoms with van der Waals surface area (Å²) in [5.74, 6) is 0.642. The van der Waals surface area contributed by atoms with Crippen LogP contribution in [0.1, 0.15) is 68.8 Å². The first-order valence-electron chi connectivity index (χ1n) is 8.34. The average molecular weight is 309 g/mol. The van der Waals surface area contributed by atoms with E-state index in [1.807, 2.05) is 13.8 Å². The largest absolute Gasteiger partial charge is 0.360 e. The molecule has 126 valence electrons. The van der Waals surface area contributed by atoms with Gasteiger partial charge in [-0.1, -0.05) is 25.9 Å². The van der Waals surface area contributed by atoms with Crippen LogP contribution in [0.25, 0.3) is 0 Å². The predicted octanol–water partition coefficient (Wildman–Crippen LogP) is 3.18. The molecule has 1 aromatic heterocycles. The molecule has 1 heterocycles. The minimum Gasteiger partial charge on any atom is -0.360 e. The van der Waals surface area contributed by atoms with E-state index < -0.39 is 0 Å². The second kappa shape index (κ2) is 8.32. The van der Waals surface area contributed by atoms with E-state index in [1.54, 1.807) is 0 Å². The lowest BCUT2D eigenvalue weighted by Gasteiger charge is -2.38. The summed E-state index contributed by atoms with van der Waals surface area (Å²) in [5, 5.41) is 6.86. The highest BCUT2D eigenvalue weighted by Crippen LogP contribution is 2.22.